The number of hydrogen-bond acceptors (Lipinski definition) is 3. The van der Waals surface area contributed by atoms with Gasteiger partial charge in [-0.3, -0.25) is 4.98 Å². The summed E-state index contributed by atoms with van der Waals surface area (Å²) >= 11 is 0. The molecule has 0 saturated carbocycles. The first-order valence-corrected chi connectivity index (χ1v) is 6.77. The molecule has 1 aromatic heterocycles. The van der Waals surface area contributed by atoms with Crippen LogP contribution in [0.15, 0.2) is 30.3 Å². The second-order valence-electron chi connectivity index (χ2n) is 4.85. The second kappa shape index (κ2) is 6.13. The van der Waals surface area contributed by atoms with E-state index in [1.165, 1.54) is 10.9 Å². The normalized spacial score (nSPS) is 14.5. The Kier molecular flexibility index (Phi) is 4.51. The van der Waals surface area contributed by atoms with E-state index >= 15 is 0 Å². The summed E-state index contributed by atoms with van der Waals surface area (Å²) in [5.41, 5.74) is 3.34. The van der Waals surface area contributed by atoms with Gasteiger partial charge in [-0.15, -0.1) is 0 Å². The third kappa shape index (κ3) is 2.94. The number of nitrogens with zero attached hydrogens (tertiary/aromatic N) is 1. The van der Waals surface area contributed by atoms with Crippen LogP contribution in [0.25, 0.3) is 10.9 Å². The Labute approximate surface area is 115 Å². The van der Waals surface area contributed by atoms with E-state index in [4.69, 9.17) is 4.74 Å². The van der Waals surface area contributed by atoms with Crippen LogP contribution in [0.5, 0.6) is 0 Å². The molecule has 0 fully saturated rings. The summed E-state index contributed by atoms with van der Waals surface area (Å²) in [5.74, 6) is 0. The third-order valence-electron chi connectivity index (χ3n) is 3.60. The van der Waals surface area contributed by atoms with Crippen molar-refractivity contribution in [2.24, 2.45) is 0 Å². The molecule has 2 rings (SSSR count). The fourth-order valence-corrected chi connectivity index (χ4v) is 2.55. The lowest BCUT2D eigenvalue weighted by molar-refractivity contribution is 0.0676. The van der Waals surface area contributed by atoms with E-state index in [-0.39, 0.29) is 12.1 Å². The predicted molar refractivity (Wildman–Crippen MR) is 79.4 cm³/mol. The SMILES string of the molecule is CCC(OC)C(NC)c1ccc2nc(C)ccc2c1. The number of pyridine rings is 1. The van der Waals surface area contributed by atoms with E-state index < -0.39 is 0 Å². The number of methoxy groups -OCH3 is 1. The summed E-state index contributed by atoms with van der Waals surface area (Å²) in [6.45, 7) is 4.16. The van der Waals surface area contributed by atoms with Gasteiger partial charge in [-0.25, -0.2) is 0 Å². The molecule has 0 aliphatic rings. The Morgan fingerprint density at radius 2 is 2.05 bits per heavy atom. The highest BCUT2D eigenvalue weighted by Gasteiger charge is 2.19. The number of aromatic nitrogens is 1. The van der Waals surface area contributed by atoms with Crippen molar-refractivity contribution in [1.29, 1.82) is 0 Å². The first-order valence-electron chi connectivity index (χ1n) is 6.77. The number of hydrogen-bond donors (Lipinski definition) is 1. The van der Waals surface area contributed by atoms with Gasteiger partial charge in [0, 0.05) is 18.2 Å². The average Bonchev–Trinajstić information content (AvgIpc) is 2.44. The Hall–Kier alpha value is -1.45. The first kappa shape index (κ1) is 14.0. The molecule has 1 N–H and O–H groups in total. The summed E-state index contributed by atoms with van der Waals surface area (Å²) in [7, 11) is 3.74. The maximum absolute atomic E-state index is 5.56. The van der Waals surface area contributed by atoms with E-state index in [0.717, 1.165) is 17.6 Å². The van der Waals surface area contributed by atoms with Crippen molar-refractivity contribution in [3.63, 3.8) is 0 Å². The lowest BCUT2D eigenvalue weighted by Gasteiger charge is -2.25. The quantitative estimate of drug-likeness (QED) is 0.894. The molecule has 102 valence electrons. The zero-order valence-corrected chi connectivity index (χ0v) is 12.1. The monoisotopic (exact) mass is 258 g/mol. The topological polar surface area (TPSA) is 34.1 Å². The Bertz CT molecular complexity index is 549. The summed E-state index contributed by atoms with van der Waals surface area (Å²) in [5, 5.41) is 4.53. The molecule has 0 radical (unpaired) electrons. The molecule has 3 heteroatoms. The van der Waals surface area contributed by atoms with Crippen molar-refractivity contribution in [2.75, 3.05) is 14.2 Å². The average molecular weight is 258 g/mol. The first-order chi connectivity index (χ1) is 9.19. The number of likely N-dealkylation sites (N-methyl/N-ethyl adjacent to an activating group) is 1. The van der Waals surface area contributed by atoms with Crippen molar-refractivity contribution < 1.29 is 4.74 Å². The van der Waals surface area contributed by atoms with Crippen LogP contribution < -0.4 is 5.32 Å². The van der Waals surface area contributed by atoms with Crippen molar-refractivity contribution in [3.05, 3.63) is 41.6 Å². The van der Waals surface area contributed by atoms with Gasteiger partial charge in [-0.2, -0.15) is 0 Å². The summed E-state index contributed by atoms with van der Waals surface area (Å²) in [6, 6.07) is 10.8. The van der Waals surface area contributed by atoms with Gasteiger partial charge in [0.05, 0.1) is 17.7 Å². The zero-order valence-electron chi connectivity index (χ0n) is 12.1. The highest BCUT2D eigenvalue weighted by Crippen LogP contribution is 2.24. The molecule has 3 nitrogen and oxygen atoms in total. The van der Waals surface area contributed by atoms with E-state index in [1.807, 2.05) is 20.0 Å². The number of benzene rings is 1. The van der Waals surface area contributed by atoms with Crippen molar-refractivity contribution >= 4 is 10.9 Å². The minimum absolute atomic E-state index is 0.181. The highest BCUT2D eigenvalue weighted by molar-refractivity contribution is 5.79. The predicted octanol–water partition coefficient (Wildman–Crippen LogP) is 3.23. The minimum atomic E-state index is 0.181. The summed E-state index contributed by atoms with van der Waals surface area (Å²) < 4.78 is 5.56. The fourth-order valence-electron chi connectivity index (χ4n) is 2.55. The second-order valence-corrected chi connectivity index (χ2v) is 4.85. The molecular weight excluding hydrogens is 236 g/mol. The van der Waals surface area contributed by atoms with E-state index in [1.54, 1.807) is 7.11 Å². The molecule has 0 bridgehead atoms. The molecule has 0 amide bonds. The van der Waals surface area contributed by atoms with Gasteiger partial charge in [0.2, 0.25) is 0 Å². The fraction of sp³-hybridized carbons (Fsp3) is 0.438. The number of nitrogens with one attached hydrogen (secondary N) is 1. The molecule has 0 aliphatic heterocycles. The number of fused-ring (bicyclic) bond motifs is 1. The van der Waals surface area contributed by atoms with Crippen molar-refractivity contribution in [3.8, 4) is 0 Å². The lowest BCUT2D eigenvalue weighted by atomic mass is 9.98. The molecule has 19 heavy (non-hydrogen) atoms. The molecule has 1 aromatic carbocycles. The Balaban J connectivity index is 2.41. The van der Waals surface area contributed by atoms with Crippen LogP contribution in [0.4, 0.5) is 0 Å². The Morgan fingerprint density at radius 1 is 1.26 bits per heavy atom. The van der Waals surface area contributed by atoms with Crippen LogP contribution in [0.1, 0.15) is 30.6 Å². The van der Waals surface area contributed by atoms with Gasteiger partial charge in [0.15, 0.2) is 0 Å². The maximum atomic E-state index is 5.56. The summed E-state index contributed by atoms with van der Waals surface area (Å²) in [4.78, 5) is 4.54. The van der Waals surface area contributed by atoms with Crippen LogP contribution in [-0.4, -0.2) is 25.2 Å². The molecule has 2 atom stereocenters. The third-order valence-corrected chi connectivity index (χ3v) is 3.60. The van der Waals surface area contributed by atoms with Crippen LogP contribution in [0.3, 0.4) is 0 Å². The number of ether oxygens (including phenoxy) is 1. The van der Waals surface area contributed by atoms with Crippen LogP contribution in [0.2, 0.25) is 0 Å². The minimum Gasteiger partial charge on any atom is -0.379 e. The standard InChI is InChI=1S/C16H22N2O/c1-5-15(19-4)16(17-3)13-8-9-14-12(10-13)7-6-11(2)18-14/h6-10,15-17H,5H2,1-4H3. The zero-order chi connectivity index (χ0) is 13.8. The highest BCUT2D eigenvalue weighted by atomic mass is 16.5. The number of rotatable bonds is 5. The maximum Gasteiger partial charge on any atom is 0.0763 e. The van der Waals surface area contributed by atoms with E-state index in [0.29, 0.717) is 0 Å². The van der Waals surface area contributed by atoms with Crippen LogP contribution >= 0.6 is 0 Å². The van der Waals surface area contributed by atoms with Crippen molar-refractivity contribution in [1.82, 2.24) is 10.3 Å². The molecule has 0 spiro atoms. The Morgan fingerprint density at radius 3 is 2.68 bits per heavy atom. The van der Waals surface area contributed by atoms with Gasteiger partial charge in [-0.1, -0.05) is 19.1 Å². The molecule has 2 aromatic rings. The van der Waals surface area contributed by atoms with Gasteiger partial charge in [-0.05, 0) is 44.2 Å². The van der Waals surface area contributed by atoms with Crippen molar-refractivity contribution in [2.45, 2.75) is 32.4 Å². The summed E-state index contributed by atoms with van der Waals surface area (Å²) in [6.07, 6.45) is 1.16. The molecule has 1 heterocycles. The molecule has 0 saturated heterocycles. The molecular formula is C16H22N2O. The van der Waals surface area contributed by atoms with Gasteiger partial charge >= 0.3 is 0 Å². The lowest BCUT2D eigenvalue weighted by Crippen LogP contribution is -2.30. The molecule has 0 aliphatic carbocycles. The molecule has 2 unspecified atom stereocenters. The van der Waals surface area contributed by atoms with Gasteiger partial charge in [0.1, 0.15) is 0 Å². The van der Waals surface area contributed by atoms with Crippen LogP contribution in [0, 0.1) is 6.92 Å². The number of aryl methyl sites for hydroxylation is 1. The largest absolute Gasteiger partial charge is 0.379 e. The smallest absolute Gasteiger partial charge is 0.0763 e. The van der Waals surface area contributed by atoms with E-state index in [2.05, 4.69) is 41.5 Å². The van der Waals surface area contributed by atoms with E-state index in [9.17, 15) is 0 Å². The van der Waals surface area contributed by atoms with Gasteiger partial charge in [0.25, 0.3) is 0 Å². The van der Waals surface area contributed by atoms with Gasteiger partial charge < -0.3 is 10.1 Å². The van der Waals surface area contributed by atoms with Crippen LogP contribution in [-0.2, 0) is 4.74 Å².